The lowest BCUT2D eigenvalue weighted by Gasteiger charge is -2.10. The molecule has 0 spiro atoms. The molecule has 1 atom stereocenters. The van der Waals surface area contributed by atoms with Crippen LogP contribution in [0.3, 0.4) is 0 Å². The zero-order valence-electron chi connectivity index (χ0n) is 11.9. The average Bonchev–Trinajstić information content (AvgIpc) is 2.30. The third kappa shape index (κ3) is 12.0. The standard InChI is InChI=1S/C15H33N/c1-4-5-6-7-8-9-10-11-12-15(2)13-14-16-3/h15-16H,4-14H2,1-3H3. The summed E-state index contributed by atoms with van der Waals surface area (Å²) in [5.74, 6) is 0.910. The van der Waals surface area contributed by atoms with Crippen molar-refractivity contribution >= 4 is 0 Å². The molecule has 0 amide bonds. The summed E-state index contributed by atoms with van der Waals surface area (Å²) in [6.45, 7) is 5.85. The second-order valence-electron chi connectivity index (χ2n) is 5.26. The van der Waals surface area contributed by atoms with Gasteiger partial charge in [0.2, 0.25) is 0 Å². The normalized spacial score (nSPS) is 12.9. The van der Waals surface area contributed by atoms with E-state index in [9.17, 15) is 0 Å². The zero-order valence-corrected chi connectivity index (χ0v) is 11.9. The first-order valence-electron chi connectivity index (χ1n) is 7.45. The number of hydrogen-bond acceptors (Lipinski definition) is 1. The van der Waals surface area contributed by atoms with E-state index in [4.69, 9.17) is 0 Å². The fraction of sp³-hybridized carbons (Fsp3) is 1.00. The van der Waals surface area contributed by atoms with Gasteiger partial charge in [0.1, 0.15) is 0 Å². The Hall–Kier alpha value is -0.0400. The summed E-state index contributed by atoms with van der Waals surface area (Å²) in [5, 5.41) is 3.23. The van der Waals surface area contributed by atoms with Gasteiger partial charge in [0.15, 0.2) is 0 Å². The monoisotopic (exact) mass is 227 g/mol. The molecule has 1 unspecified atom stereocenters. The van der Waals surface area contributed by atoms with E-state index in [1.54, 1.807) is 0 Å². The van der Waals surface area contributed by atoms with Gasteiger partial charge in [-0.2, -0.15) is 0 Å². The van der Waals surface area contributed by atoms with Crippen molar-refractivity contribution in [3.8, 4) is 0 Å². The largest absolute Gasteiger partial charge is 0.320 e. The van der Waals surface area contributed by atoms with Crippen LogP contribution in [0.1, 0.15) is 78.1 Å². The number of hydrogen-bond donors (Lipinski definition) is 1. The lowest BCUT2D eigenvalue weighted by molar-refractivity contribution is 0.448. The second kappa shape index (κ2) is 13.0. The molecule has 0 saturated heterocycles. The molecule has 0 radical (unpaired) electrons. The van der Waals surface area contributed by atoms with E-state index in [-0.39, 0.29) is 0 Å². The summed E-state index contributed by atoms with van der Waals surface area (Å²) >= 11 is 0. The van der Waals surface area contributed by atoms with Crippen LogP contribution in [0.4, 0.5) is 0 Å². The van der Waals surface area contributed by atoms with E-state index in [0.29, 0.717) is 0 Å². The molecule has 0 aromatic carbocycles. The number of unbranched alkanes of at least 4 members (excludes halogenated alkanes) is 7. The van der Waals surface area contributed by atoms with Crippen LogP contribution in [0.25, 0.3) is 0 Å². The smallest absolute Gasteiger partial charge is 0.00494 e. The molecule has 0 aromatic rings. The molecule has 98 valence electrons. The maximum Gasteiger partial charge on any atom is -0.00494 e. The van der Waals surface area contributed by atoms with E-state index >= 15 is 0 Å². The fourth-order valence-electron chi connectivity index (χ4n) is 2.16. The highest BCUT2D eigenvalue weighted by Crippen LogP contribution is 2.14. The summed E-state index contributed by atoms with van der Waals surface area (Å²) < 4.78 is 0. The number of rotatable bonds is 12. The first-order valence-corrected chi connectivity index (χ1v) is 7.45. The highest BCUT2D eigenvalue weighted by molar-refractivity contribution is 4.55. The minimum atomic E-state index is 0.910. The van der Waals surface area contributed by atoms with Crippen molar-refractivity contribution in [2.45, 2.75) is 78.1 Å². The molecule has 0 aliphatic rings. The van der Waals surface area contributed by atoms with Gasteiger partial charge in [0.05, 0.1) is 0 Å². The summed E-state index contributed by atoms with van der Waals surface area (Å²) in [4.78, 5) is 0. The quantitative estimate of drug-likeness (QED) is 0.474. The molecule has 16 heavy (non-hydrogen) atoms. The molecular formula is C15H33N. The van der Waals surface area contributed by atoms with Gasteiger partial charge in [-0.1, -0.05) is 71.6 Å². The summed E-state index contributed by atoms with van der Waals surface area (Å²) in [5.41, 5.74) is 0. The highest BCUT2D eigenvalue weighted by Gasteiger charge is 2.00. The van der Waals surface area contributed by atoms with E-state index in [1.165, 1.54) is 70.8 Å². The van der Waals surface area contributed by atoms with E-state index in [2.05, 4.69) is 19.2 Å². The maximum absolute atomic E-state index is 3.23. The van der Waals surface area contributed by atoms with Crippen molar-refractivity contribution in [3.05, 3.63) is 0 Å². The molecule has 0 bridgehead atoms. The van der Waals surface area contributed by atoms with Crippen LogP contribution in [0.2, 0.25) is 0 Å². The van der Waals surface area contributed by atoms with Crippen molar-refractivity contribution < 1.29 is 0 Å². The van der Waals surface area contributed by atoms with Crippen LogP contribution in [-0.2, 0) is 0 Å². The Kier molecular flexibility index (Phi) is 13.0. The Balaban J connectivity index is 3.02. The molecule has 0 aromatic heterocycles. The zero-order chi connectivity index (χ0) is 12.1. The van der Waals surface area contributed by atoms with Crippen molar-refractivity contribution in [2.75, 3.05) is 13.6 Å². The predicted octanol–water partition coefficient (Wildman–Crippen LogP) is 4.76. The Morgan fingerprint density at radius 3 is 1.94 bits per heavy atom. The first kappa shape index (κ1) is 16.0. The first-order chi connectivity index (χ1) is 7.81. The van der Waals surface area contributed by atoms with Crippen LogP contribution in [0.5, 0.6) is 0 Å². The fourth-order valence-corrected chi connectivity index (χ4v) is 2.16. The topological polar surface area (TPSA) is 12.0 Å². The minimum absolute atomic E-state index is 0.910. The van der Waals surface area contributed by atoms with Gasteiger partial charge in [-0.15, -0.1) is 0 Å². The van der Waals surface area contributed by atoms with E-state index in [1.807, 2.05) is 7.05 Å². The van der Waals surface area contributed by atoms with Crippen molar-refractivity contribution in [1.29, 1.82) is 0 Å². The van der Waals surface area contributed by atoms with Crippen molar-refractivity contribution in [2.24, 2.45) is 5.92 Å². The van der Waals surface area contributed by atoms with Crippen molar-refractivity contribution in [3.63, 3.8) is 0 Å². The van der Waals surface area contributed by atoms with E-state index in [0.717, 1.165) is 5.92 Å². The van der Waals surface area contributed by atoms with Crippen LogP contribution >= 0.6 is 0 Å². The SMILES string of the molecule is CCCCCCCCCCC(C)CCNC. The van der Waals surface area contributed by atoms with Gasteiger partial charge in [0.25, 0.3) is 0 Å². The third-order valence-corrected chi connectivity index (χ3v) is 3.44. The molecule has 0 rings (SSSR count). The van der Waals surface area contributed by atoms with Crippen LogP contribution in [0.15, 0.2) is 0 Å². The Bertz CT molecular complexity index is 123. The molecule has 0 saturated carbocycles. The van der Waals surface area contributed by atoms with Crippen LogP contribution < -0.4 is 5.32 Å². The summed E-state index contributed by atoms with van der Waals surface area (Å²) in [6.07, 6.45) is 14.3. The lowest BCUT2D eigenvalue weighted by Crippen LogP contribution is -2.11. The lowest BCUT2D eigenvalue weighted by atomic mass is 9.99. The molecule has 0 aliphatic carbocycles. The second-order valence-corrected chi connectivity index (χ2v) is 5.26. The Labute approximate surface area is 103 Å². The third-order valence-electron chi connectivity index (χ3n) is 3.44. The molecule has 1 nitrogen and oxygen atoms in total. The Morgan fingerprint density at radius 2 is 1.38 bits per heavy atom. The maximum atomic E-state index is 3.23. The van der Waals surface area contributed by atoms with Gasteiger partial charge in [-0.05, 0) is 25.9 Å². The Morgan fingerprint density at radius 1 is 0.812 bits per heavy atom. The summed E-state index contributed by atoms with van der Waals surface area (Å²) in [6, 6.07) is 0. The number of nitrogens with one attached hydrogen (secondary N) is 1. The average molecular weight is 227 g/mol. The molecule has 0 heterocycles. The van der Waals surface area contributed by atoms with Gasteiger partial charge >= 0.3 is 0 Å². The van der Waals surface area contributed by atoms with Gasteiger partial charge in [-0.25, -0.2) is 0 Å². The molecular weight excluding hydrogens is 194 g/mol. The van der Waals surface area contributed by atoms with E-state index < -0.39 is 0 Å². The molecule has 0 aliphatic heterocycles. The molecule has 1 N–H and O–H groups in total. The minimum Gasteiger partial charge on any atom is -0.320 e. The van der Waals surface area contributed by atoms with Gasteiger partial charge < -0.3 is 5.32 Å². The van der Waals surface area contributed by atoms with Crippen molar-refractivity contribution in [1.82, 2.24) is 5.32 Å². The van der Waals surface area contributed by atoms with Gasteiger partial charge in [0, 0.05) is 0 Å². The highest BCUT2D eigenvalue weighted by atomic mass is 14.8. The molecule has 1 heteroatoms. The van der Waals surface area contributed by atoms with Gasteiger partial charge in [-0.3, -0.25) is 0 Å². The molecule has 0 fully saturated rings. The van der Waals surface area contributed by atoms with Crippen LogP contribution in [0, 0.1) is 5.92 Å². The summed E-state index contributed by atoms with van der Waals surface area (Å²) in [7, 11) is 2.04. The predicted molar refractivity (Wildman–Crippen MR) is 74.9 cm³/mol. The van der Waals surface area contributed by atoms with Crippen LogP contribution in [-0.4, -0.2) is 13.6 Å².